The molecular weight excluding hydrogens is 282 g/mol. The Kier molecular flexibility index (Phi) is 5.48. The zero-order valence-electron chi connectivity index (χ0n) is 10.2. The molecule has 0 spiro atoms. The zero-order valence-corrected chi connectivity index (χ0v) is 11.8. The van der Waals surface area contributed by atoms with E-state index in [1.807, 2.05) is 24.3 Å². The van der Waals surface area contributed by atoms with Crippen LogP contribution in [0.15, 0.2) is 24.3 Å². The first-order valence-corrected chi connectivity index (χ1v) is 6.70. The number of carboxylic acid groups (broad SMARTS) is 1. The van der Waals surface area contributed by atoms with Crippen LogP contribution in [0.2, 0.25) is 0 Å². The third-order valence-electron chi connectivity index (χ3n) is 2.75. The van der Waals surface area contributed by atoms with Crippen molar-refractivity contribution in [3.8, 4) is 0 Å². The highest BCUT2D eigenvalue weighted by molar-refractivity contribution is 9.10. The third-order valence-corrected chi connectivity index (χ3v) is 3.46. The molecule has 0 fully saturated rings. The fourth-order valence-corrected chi connectivity index (χ4v) is 2.10. The molecule has 0 aliphatic heterocycles. The lowest BCUT2D eigenvalue weighted by atomic mass is 10.1. The maximum Gasteiger partial charge on any atom is 0.317 e. The topological polar surface area (TPSA) is 40.5 Å². The Labute approximate surface area is 111 Å². The molecule has 0 aromatic heterocycles. The molecule has 1 unspecified atom stereocenters. The van der Waals surface area contributed by atoms with Gasteiger partial charge in [0.05, 0.1) is 0 Å². The molecule has 1 aromatic carbocycles. The molecule has 94 valence electrons. The largest absolute Gasteiger partial charge is 0.480 e. The monoisotopic (exact) mass is 299 g/mol. The quantitative estimate of drug-likeness (QED) is 0.821. The minimum atomic E-state index is -0.821. The van der Waals surface area contributed by atoms with Crippen LogP contribution in [0.5, 0.6) is 0 Å². The number of carbonyl (C=O) groups is 1. The molecule has 0 amide bonds. The standard InChI is InChI=1S/C13H18BrNO2/c1-3-15(4-2)11-7-5-10(6-8-11)9-12(14)13(16)17/h5-8,12H,3-4,9H2,1-2H3,(H,16,17). The number of alkyl halides is 1. The summed E-state index contributed by atoms with van der Waals surface area (Å²) in [4.78, 5) is 12.5. The summed E-state index contributed by atoms with van der Waals surface area (Å²) in [5.41, 5.74) is 2.21. The number of benzene rings is 1. The molecule has 0 heterocycles. The van der Waals surface area contributed by atoms with Crippen LogP contribution in [-0.4, -0.2) is 29.0 Å². The number of hydrogen-bond donors (Lipinski definition) is 1. The summed E-state index contributed by atoms with van der Waals surface area (Å²) in [5, 5.41) is 8.81. The van der Waals surface area contributed by atoms with Crippen molar-refractivity contribution < 1.29 is 9.90 Å². The minimum Gasteiger partial charge on any atom is -0.480 e. The van der Waals surface area contributed by atoms with E-state index in [2.05, 4.69) is 34.7 Å². The highest BCUT2D eigenvalue weighted by Crippen LogP contribution is 2.17. The molecule has 17 heavy (non-hydrogen) atoms. The first-order valence-electron chi connectivity index (χ1n) is 5.79. The van der Waals surface area contributed by atoms with Crippen LogP contribution >= 0.6 is 15.9 Å². The highest BCUT2D eigenvalue weighted by Gasteiger charge is 2.13. The second-order valence-electron chi connectivity index (χ2n) is 3.85. The summed E-state index contributed by atoms with van der Waals surface area (Å²) in [7, 11) is 0. The second-order valence-corrected chi connectivity index (χ2v) is 4.95. The Morgan fingerprint density at radius 1 is 1.29 bits per heavy atom. The highest BCUT2D eigenvalue weighted by atomic mass is 79.9. The van der Waals surface area contributed by atoms with Gasteiger partial charge in [0.25, 0.3) is 0 Å². The van der Waals surface area contributed by atoms with Crippen molar-refractivity contribution in [1.29, 1.82) is 0 Å². The molecule has 1 N–H and O–H groups in total. The van der Waals surface area contributed by atoms with Gasteiger partial charge in [0.1, 0.15) is 4.83 Å². The van der Waals surface area contributed by atoms with Gasteiger partial charge in [-0.2, -0.15) is 0 Å². The van der Waals surface area contributed by atoms with Crippen LogP contribution in [0.4, 0.5) is 5.69 Å². The molecule has 0 bridgehead atoms. The number of anilines is 1. The first kappa shape index (κ1) is 14.0. The van der Waals surface area contributed by atoms with Gasteiger partial charge in [-0.3, -0.25) is 4.79 Å². The Balaban J connectivity index is 2.71. The number of rotatable bonds is 6. The third kappa shape index (κ3) is 4.04. The number of nitrogens with zero attached hydrogens (tertiary/aromatic N) is 1. The molecule has 1 atom stereocenters. The smallest absolute Gasteiger partial charge is 0.317 e. The average molecular weight is 300 g/mol. The van der Waals surface area contributed by atoms with Gasteiger partial charge in [-0.1, -0.05) is 28.1 Å². The summed E-state index contributed by atoms with van der Waals surface area (Å²) in [6, 6.07) is 8.07. The van der Waals surface area contributed by atoms with E-state index < -0.39 is 10.8 Å². The molecule has 0 radical (unpaired) electrons. The fourth-order valence-electron chi connectivity index (χ4n) is 1.73. The molecule has 4 heteroatoms. The van der Waals surface area contributed by atoms with Crippen molar-refractivity contribution in [2.45, 2.75) is 25.1 Å². The lowest BCUT2D eigenvalue weighted by molar-refractivity contribution is -0.136. The fraction of sp³-hybridized carbons (Fsp3) is 0.462. The van der Waals surface area contributed by atoms with E-state index in [4.69, 9.17) is 5.11 Å². The summed E-state index contributed by atoms with van der Waals surface area (Å²) in [6.45, 7) is 6.20. The molecular formula is C13H18BrNO2. The minimum absolute atomic E-state index is 0.508. The van der Waals surface area contributed by atoms with Crippen molar-refractivity contribution in [3.63, 3.8) is 0 Å². The molecule has 0 saturated heterocycles. The van der Waals surface area contributed by atoms with E-state index in [-0.39, 0.29) is 0 Å². The molecule has 3 nitrogen and oxygen atoms in total. The maximum absolute atomic E-state index is 10.7. The van der Waals surface area contributed by atoms with Gasteiger partial charge in [0.15, 0.2) is 0 Å². The summed E-state index contributed by atoms with van der Waals surface area (Å²) in [6.07, 6.45) is 0.508. The van der Waals surface area contributed by atoms with Gasteiger partial charge in [-0.05, 0) is 38.0 Å². The van der Waals surface area contributed by atoms with E-state index in [1.54, 1.807) is 0 Å². The molecule has 0 aliphatic carbocycles. The van der Waals surface area contributed by atoms with E-state index in [9.17, 15) is 4.79 Å². The van der Waals surface area contributed by atoms with Crippen molar-refractivity contribution in [2.75, 3.05) is 18.0 Å². The second kappa shape index (κ2) is 6.64. The van der Waals surface area contributed by atoms with Crippen LogP contribution in [0.25, 0.3) is 0 Å². The predicted molar refractivity (Wildman–Crippen MR) is 74.1 cm³/mol. The molecule has 1 rings (SSSR count). The summed E-state index contributed by atoms with van der Waals surface area (Å²) in [5.74, 6) is -0.821. The summed E-state index contributed by atoms with van der Waals surface area (Å²) < 4.78 is 0. The van der Waals surface area contributed by atoms with Gasteiger partial charge < -0.3 is 10.0 Å². The summed E-state index contributed by atoms with van der Waals surface area (Å²) >= 11 is 3.14. The number of halogens is 1. The number of hydrogen-bond acceptors (Lipinski definition) is 2. The van der Waals surface area contributed by atoms with Crippen LogP contribution in [-0.2, 0) is 11.2 Å². The first-order chi connectivity index (χ1) is 8.08. The van der Waals surface area contributed by atoms with Gasteiger partial charge in [0, 0.05) is 18.8 Å². The van der Waals surface area contributed by atoms with E-state index in [0.29, 0.717) is 6.42 Å². The molecule has 0 aliphatic rings. The Hall–Kier alpha value is -1.03. The Morgan fingerprint density at radius 3 is 2.24 bits per heavy atom. The Bertz CT molecular complexity index is 360. The van der Waals surface area contributed by atoms with E-state index in [0.717, 1.165) is 18.7 Å². The maximum atomic E-state index is 10.7. The van der Waals surface area contributed by atoms with Crippen LogP contribution < -0.4 is 4.90 Å². The Morgan fingerprint density at radius 2 is 1.82 bits per heavy atom. The van der Waals surface area contributed by atoms with Gasteiger partial charge in [-0.25, -0.2) is 0 Å². The lowest BCUT2D eigenvalue weighted by Gasteiger charge is -2.21. The SMILES string of the molecule is CCN(CC)c1ccc(CC(Br)C(=O)O)cc1. The van der Waals surface area contributed by atoms with Crippen molar-refractivity contribution in [2.24, 2.45) is 0 Å². The zero-order chi connectivity index (χ0) is 12.8. The van der Waals surface area contributed by atoms with Crippen LogP contribution in [0.1, 0.15) is 19.4 Å². The predicted octanol–water partition coefficient (Wildman–Crippen LogP) is 2.92. The van der Waals surface area contributed by atoms with Crippen molar-refractivity contribution >= 4 is 27.6 Å². The van der Waals surface area contributed by atoms with E-state index >= 15 is 0 Å². The van der Waals surface area contributed by atoms with Crippen LogP contribution in [0.3, 0.4) is 0 Å². The van der Waals surface area contributed by atoms with Gasteiger partial charge >= 0.3 is 5.97 Å². The van der Waals surface area contributed by atoms with Crippen LogP contribution in [0, 0.1) is 0 Å². The number of carboxylic acids is 1. The lowest BCUT2D eigenvalue weighted by Crippen LogP contribution is -2.21. The van der Waals surface area contributed by atoms with E-state index in [1.165, 1.54) is 5.69 Å². The van der Waals surface area contributed by atoms with Crippen molar-refractivity contribution in [3.05, 3.63) is 29.8 Å². The number of aliphatic carboxylic acids is 1. The van der Waals surface area contributed by atoms with Crippen molar-refractivity contribution in [1.82, 2.24) is 0 Å². The van der Waals surface area contributed by atoms with Gasteiger partial charge in [0.2, 0.25) is 0 Å². The normalized spacial score (nSPS) is 12.2. The average Bonchev–Trinajstić information content (AvgIpc) is 2.32. The van der Waals surface area contributed by atoms with Gasteiger partial charge in [-0.15, -0.1) is 0 Å². The molecule has 1 aromatic rings. The molecule has 0 saturated carbocycles.